The average molecular weight is 284 g/mol. The highest BCUT2D eigenvalue weighted by atomic mass is 16.6. The molecule has 2 aromatic rings. The Morgan fingerprint density at radius 2 is 2.19 bits per heavy atom. The van der Waals surface area contributed by atoms with Crippen molar-refractivity contribution in [3.8, 4) is 11.8 Å². The van der Waals surface area contributed by atoms with E-state index in [-0.39, 0.29) is 11.7 Å². The van der Waals surface area contributed by atoms with Gasteiger partial charge in [0.15, 0.2) is 6.10 Å². The third-order valence-electron chi connectivity index (χ3n) is 4.03. The first kappa shape index (κ1) is 12.4. The standard InChI is InChI=1S/C16H16N2O3/c19-15-6-7-18-9-14(21-16(18)17-15)10-20-13-5-4-11-2-1-3-12(11)8-13/h4-8,14H,1-3,9-10H2/t14-/m0/s1. The van der Waals surface area contributed by atoms with E-state index in [1.165, 1.54) is 30.0 Å². The Bertz CT molecular complexity index is 739. The first-order chi connectivity index (χ1) is 10.3. The molecule has 21 heavy (non-hydrogen) atoms. The van der Waals surface area contributed by atoms with Crippen LogP contribution in [-0.4, -0.2) is 22.3 Å². The Morgan fingerprint density at radius 1 is 1.29 bits per heavy atom. The minimum Gasteiger partial charge on any atom is -0.490 e. The van der Waals surface area contributed by atoms with Crippen molar-refractivity contribution in [2.75, 3.05) is 6.61 Å². The van der Waals surface area contributed by atoms with Crippen LogP contribution in [0.3, 0.4) is 0 Å². The molecule has 1 aromatic heterocycles. The Morgan fingerprint density at radius 3 is 3.14 bits per heavy atom. The molecule has 0 amide bonds. The van der Waals surface area contributed by atoms with E-state index in [1.807, 2.05) is 10.6 Å². The van der Waals surface area contributed by atoms with Gasteiger partial charge >= 0.3 is 0 Å². The quantitative estimate of drug-likeness (QED) is 0.858. The number of hydrogen-bond donors (Lipinski definition) is 0. The summed E-state index contributed by atoms with van der Waals surface area (Å²) in [6.45, 7) is 1.11. The number of hydrogen-bond acceptors (Lipinski definition) is 4. The number of rotatable bonds is 3. The van der Waals surface area contributed by atoms with Crippen LogP contribution in [0.5, 0.6) is 11.8 Å². The highest BCUT2D eigenvalue weighted by molar-refractivity contribution is 5.38. The zero-order chi connectivity index (χ0) is 14.2. The summed E-state index contributed by atoms with van der Waals surface area (Å²) in [5.74, 6) is 0.887. The Kier molecular flexibility index (Phi) is 2.91. The molecule has 108 valence electrons. The molecule has 1 aliphatic heterocycles. The Labute approximate surface area is 122 Å². The van der Waals surface area contributed by atoms with E-state index in [2.05, 4.69) is 17.1 Å². The van der Waals surface area contributed by atoms with Gasteiger partial charge in [-0.3, -0.25) is 9.36 Å². The number of aromatic nitrogens is 2. The third kappa shape index (κ3) is 2.39. The molecule has 5 heteroatoms. The second-order valence-electron chi connectivity index (χ2n) is 5.54. The summed E-state index contributed by atoms with van der Waals surface area (Å²) in [4.78, 5) is 15.0. The van der Waals surface area contributed by atoms with Gasteiger partial charge in [0.05, 0.1) is 6.54 Å². The van der Waals surface area contributed by atoms with Crippen molar-refractivity contribution in [3.63, 3.8) is 0 Å². The van der Waals surface area contributed by atoms with Gasteiger partial charge in [-0.15, -0.1) is 0 Å². The summed E-state index contributed by atoms with van der Waals surface area (Å²) in [7, 11) is 0. The fourth-order valence-electron chi connectivity index (χ4n) is 2.97. The molecule has 0 bridgehead atoms. The molecule has 5 nitrogen and oxygen atoms in total. The second kappa shape index (κ2) is 4.91. The average Bonchev–Trinajstić information content (AvgIpc) is 3.09. The fourth-order valence-corrected chi connectivity index (χ4v) is 2.97. The summed E-state index contributed by atoms with van der Waals surface area (Å²) in [5.41, 5.74) is 2.56. The molecule has 0 saturated heterocycles. The first-order valence-corrected chi connectivity index (χ1v) is 7.27. The van der Waals surface area contributed by atoms with E-state index in [0.717, 1.165) is 12.2 Å². The van der Waals surface area contributed by atoms with Gasteiger partial charge in [-0.25, -0.2) is 0 Å². The molecule has 1 aromatic carbocycles. The number of fused-ring (bicyclic) bond motifs is 2. The first-order valence-electron chi connectivity index (χ1n) is 7.27. The van der Waals surface area contributed by atoms with Crippen molar-refractivity contribution in [3.05, 3.63) is 51.9 Å². The fraction of sp³-hybridized carbons (Fsp3) is 0.375. The van der Waals surface area contributed by atoms with Gasteiger partial charge in [0.1, 0.15) is 12.4 Å². The molecular weight excluding hydrogens is 268 g/mol. The lowest BCUT2D eigenvalue weighted by molar-refractivity contribution is 0.143. The maximum Gasteiger partial charge on any atom is 0.300 e. The van der Waals surface area contributed by atoms with Crippen molar-refractivity contribution in [1.29, 1.82) is 0 Å². The molecule has 2 heterocycles. The molecule has 0 saturated carbocycles. The van der Waals surface area contributed by atoms with Gasteiger partial charge in [0.2, 0.25) is 0 Å². The van der Waals surface area contributed by atoms with Crippen LogP contribution in [0.2, 0.25) is 0 Å². The number of ether oxygens (including phenoxy) is 2. The molecule has 1 aliphatic carbocycles. The van der Waals surface area contributed by atoms with E-state index in [0.29, 0.717) is 19.2 Å². The van der Waals surface area contributed by atoms with E-state index < -0.39 is 0 Å². The molecule has 0 radical (unpaired) electrons. The molecule has 2 aliphatic rings. The van der Waals surface area contributed by atoms with Gasteiger partial charge in [-0.2, -0.15) is 4.98 Å². The predicted molar refractivity (Wildman–Crippen MR) is 76.9 cm³/mol. The number of nitrogens with zero attached hydrogens (tertiary/aromatic N) is 2. The zero-order valence-corrected chi connectivity index (χ0v) is 11.6. The van der Waals surface area contributed by atoms with E-state index in [1.54, 1.807) is 6.20 Å². The SMILES string of the molecule is O=c1ccn2c(n1)O[C@H](COc1ccc3c(c1)CCC3)C2. The molecular formula is C16H16N2O3. The highest BCUT2D eigenvalue weighted by Gasteiger charge is 2.23. The summed E-state index contributed by atoms with van der Waals surface area (Å²) < 4.78 is 13.3. The summed E-state index contributed by atoms with van der Waals surface area (Å²) in [6.07, 6.45) is 5.16. The van der Waals surface area contributed by atoms with Crippen LogP contribution >= 0.6 is 0 Å². The minimum absolute atomic E-state index is 0.104. The molecule has 0 fully saturated rings. The van der Waals surface area contributed by atoms with Crippen molar-refractivity contribution < 1.29 is 9.47 Å². The predicted octanol–water partition coefficient (Wildman–Crippen LogP) is 1.57. The van der Waals surface area contributed by atoms with Gasteiger partial charge in [0.25, 0.3) is 11.6 Å². The van der Waals surface area contributed by atoms with Gasteiger partial charge in [-0.05, 0) is 42.5 Å². The van der Waals surface area contributed by atoms with Crippen LogP contribution in [0.4, 0.5) is 0 Å². The van der Waals surface area contributed by atoms with Crippen LogP contribution in [0, 0.1) is 0 Å². The zero-order valence-electron chi connectivity index (χ0n) is 11.6. The van der Waals surface area contributed by atoms with Crippen LogP contribution < -0.4 is 15.0 Å². The van der Waals surface area contributed by atoms with Crippen molar-refractivity contribution >= 4 is 0 Å². The van der Waals surface area contributed by atoms with Gasteiger partial charge < -0.3 is 9.47 Å². The molecule has 1 atom stereocenters. The highest BCUT2D eigenvalue weighted by Crippen LogP contribution is 2.26. The number of benzene rings is 1. The topological polar surface area (TPSA) is 53.4 Å². The van der Waals surface area contributed by atoms with Crippen LogP contribution in [0.15, 0.2) is 35.3 Å². The van der Waals surface area contributed by atoms with E-state index in [4.69, 9.17) is 9.47 Å². The smallest absolute Gasteiger partial charge is 0.300 e. The largest absolute Gasteiger partial charge is 0.490 e. The van der Waals surface area contributed by atoms with Crippen LogP contribution in [-0.2, 0) is 19.4 Å². The van der Waals surface area contributed by atoms with Crippen molar-refractivity contribution in [2.45, 2.75) is 31.9 Å². The number of aryl methyl sites for hydroxylation is 2. The molecule has 0 spiro atoms. The minimum atomic E-state index is -0.276. The summed E-state index contributed by atoms with van der Waals surface area (Å²) >= 11 is 0. The molecule has 0 unspecified atom stereocenters. The van der Waals surface area contributed by atoms with Crippen LogP contribution in [0.25, 0.3) is 0 Å². The molecule has 0 N–H and O–H groups in total. The van der Waals surface area contributed by atoms with E-state index in [9.17, 15) is 4.79 Å². The monoisotopic (exact) mass is 284 g/mol. The summed E-state index contributed by atoms with van der Waals surface area (Å²) in [6, 6.07) is 8.13. The van der Waals surface area contributed by atoms with Gasteiger partial charge in [0, 0.05) is 12.3 Å². The van der Waals surface area contributed by atoms with E-state index >= 15 is 0 Å². The Balaban J connectivity index is 1.41. The van der Waals surface area contributed by atoms with Crippen molar-refractivity contribution in [1.82, 2.24) is 9.55 Å². The van der Waals surface area contributed by atoms with Crippen molar-refractivity contribution in [2.24, 2.45) is 0 Å². The van der Waals surface area contributed by atoms with Crippen LogP contribution in [0.1, 0.15) is 17.5 Å². The van der Waals surface area contributed by atoms with Gasteiger partial charge in [-0.1, -0.05) is 6.07 Å². The lowest BCUT2D eigenvalue weighted by Gasteiger charge is -2.12. The maximum atomic E-state index is 11.2. The second-order valence-corrected chi connectivity index (χ2v) is 5.54. The normalized spacial score (nSPS) is 19.0. The lowest BCUT2D eigenvalue weighted by Crippen LogP contribution is -2.23. The molecule has 4 rings (SSSR count). The third-order valence-corrected chi connectivity index (χ3v) is 4.03. The Hall–Kier alpha value is -2.30. The maximum absolute atomic E-state index is 11.2. The lowest BCUT2D eigenvalue weighted by atomic mass is 10.1. The summed E-state index contributed by atoms with van der Waals surface area (Å²) in [5, 5.41) is 0.